The van der Waals surface area contributed by atoms with Gasteiger partial charge < -0.3 is 33.8 Å². The Kier molecular flexibility index (Phi) is 68.9. The van der Waals surface area contributed by atoms with E-state index in [2.05, 4.69) is 101 Å². The Morgan fingerprint density at radius 3 is 0.898 bits per heavy atom. The Labute approximate surface area is 595 Å². The third kappa shape index (κ3) is 70.7. The maximum Gasteiger partial charge on any atom is 0.472 e. The quantitative estimate of drug-likeness (QED) is 0.0169. The first-order valence-corrected chi connectivity index (χ1v) is 41.8. The van der Waals surface area contributed by atoms with Crippen molar-refractivity contribution < 1.29 is 80.2 Å². The normalized spacial score (nSPS) is 14.4. The molecule has 0 rings (SSSR count). The summed E-state index contributed by atoms with van der Waals surface area (Å²) in [5.41, 5.74) is 0. The number of rotatable bonds is 73. The molecule has 0 fully saturated rings. The Morgan fingerprint density at radius 1 is 0.296 bits per heavy atom. The molecular weight excluding hydrogens is 1280 g/mol. The number of carbonyl (C=O) groups is 4. The van der Waals surface area contributed by atoms with E-state index in [1.54, 1.807) is 0 Å². The first-order chi connectivity index (χ1) is 47.7. The predicted octanol–water partition coefficient (Wildman–Crippen LogP) is 22.2. The van der Waals surface area contributed by atoms with Crippen molar-refractivity contribution in [1.82, 2.24) is 0 Å². The van der Waals surface area contributed by atoms with Crippen LogP contribution in [0.15, 0.2) is 85.1 Å². The summed E-state index contributed by atoms with van der Waals surface area (Å²) in [6.45, 7) is 4.66. The Morgan fingerprint density at radius 2 is 0.561 bits per heavy atom. The van der Waals surface area contributed by atoms with Gasteiger partial charge in [-0.2, -0.15) is 0 Å². The van der Waals surface area contributed by atoms with Crippen molar-refractivity contribution in [1.29, 1.82) is 0 Å². The van der Waals surface area contributed by atoms with Crippen LogP contribution >= 0.6 is 15.6 Å². The van der Waals surface area contributed by atoms with E-state index in [-0.39, 0.29) is 25.7 Å². The predicted molar refractivity (Wildman–Crippen MR) is 399 cm³/mol. The van der Waals surface area contributed by atoms with E-state index < -0.39 is 97.5 Å². The van der Waals surface area contributed by atoms with Crippen LogP contribution in [-0.4, -0.2) is 96.7 Å². The van der Waals surface area contributed by atoms with Gasteiger partial charge in [0.25, 0.3) is 0 Å². The van der Waals surface area contributed by atoms with Crippen LogP contribution in [0.2, 0.25) is 0 Å². The van der Waals surface area contributed by atoms with Gasteiger partial charge in [-0.15, -0.1) is 0 Å². The lowest BCUT2D eigenvalue weighted by molar-refractivity contribution is -0.161. The fourth-order valence-electron chi connectivity index (χ4n) is 10.5. The number of carbonyl (C=O) groups excluding carboxylic acids is 4. The highest BCUT2D eigenvalue weighted by Gasteiger charge is 2.30. The summed E-state index contributed by atoms with van der Waals surface area (Å²) in [4.78, 5) is 72.8. The van der Waals surface area contributed by atoms with E-state index in [1.165, 1.54) is 122 Å². The number of phosphoric ester groups is 2. The van der Waals surface area contributed by atoms with Gasteiger partial charge in [-0.1, -0.05) is 305 Å². The topological polar surface area (TPSA) is 237 Å². The fraction of sp³-hybridized carbons (Fsp3) is 0.772. The Bertz CT molecular complexity index is 2190. The smallest absolute Gasteiger partial charge is 0.462 e. The van der Waals surface area contributed by atoms with Gasteiger partial charge in [-0.3, -0.25) is 37.3 Å². The lowest BCUT2D eigenvalue weighted by Crippen LogP contribution is -2.30. The molecule has 5 atom stereocenters. The van der Waals surface area contributed by atoms with Crippen molar-refractivity contribution in [2.75, 3.05) is 39.6 Å². The molecule has 568 valence electrons. The zero-order chi connectivity index (χ0) is 71.8. The summed E-state index contributed by atoms with van der Waals surface area (Å²) in [5.74, 6) is -2.23. The van der Waals surface area contributed by atoms with Crippen molar-refractivity contribution in [3.8, 4) is 0 Å². The molecule has 0 heterocycles. The molecule has 0 aromatic carbocycles. The standard InChI is InChI=1S/C79H140O17P2/c1-5-9-13-17-21-25-29-33-35-36-38-42-44-48-52-56-60-64-77(82)90-70-75(96-79(84)66-62-58-54-50-46-40-32-28-24-20-16-12-8-4)72-94-98(87,88)92-68-73(80)67-91-97(85,86)93-71-74(95-78(83)65-61-57-53-49-45-39-31-27-23-19-15-11-7-3)69-89-76(81)63-59-55-51-47-43-41-37-34-30-26-22-18-14-10-6-2/h9,13,15,19,21,25,27,31,33,35,38,42,48,52,73-75,80H,5-8,10-12,14,16-18,20,22-24,26,28-30,32,34,36-37,39-41,43-47,49-51,53-72H2,1-4H3,(H,85,86)(H,87,88)/b13-9-,19-15-,25-21-,31-27-,35-33-,42-38-,52-48-. The van der Waals surface area contributed by atoms with Gasteiger partial charge in [0.15, 0.2) is 12.2 Å². The molecule has 98 heavy (non-hydrogen) atoms. The minimum Gasteiger partial charge on any atom is -0.462 e. The molecule has 0 radical (unpaired) electrons. The number of hydrogen-bond acceptors (Lipinski definition) is 15. The van der Waals surface area contributed by atoms with Crippen molar-refractivity contribution in [3.05, 3.63) is 85.1 Å². The maximum absolute atomic E-state index is 13.1. The van der Waals surface area contributed by atoms with E-state index in [1.807, 2.05) is 12.2 Å². The summed E-state index contributed by atoms with van der Waals surface area (Å²) in [5, 5.41) is 10.6. The molecule has 0 aromatic rings. The summed E-state index contributed by atoms with van der Waals surface area (Å²) >= 11 is 0. The minimum absolute atomic E-state index is 0.0811. The highest BCUT2D eigenvalue weighted by molar-refractivity contribution is 7.47. The third-order valence-corrected chi connectivity index (χ3v) is 18.3. The van der Waals surface area contributed by atoms with Crippen LogP contribution in [0.25, 0.3) is 0 Å². The molecule has 19 heteroatoms. The summed E-state index contributed by atoms with van der Waals surface area (Å²) in [7, 11) is -9.96. The number of unbranched alkanes of at least 4 members (excludes halogenated alkanes) is 33. The molecule has 0 amide bonds. The Hall–Kier alpha value is -3.76. The van der Waals surface area contributed by atoms with Crippen LogP contribution in [-0.2, 0) is 65.4 Å². The van der Waals surface area contributed by atoms with Gasteiger partial charge in [0.1, 0.15) is 19.3 Å². The molecular formula is C79H140O17P2. The van der Waals surface area contributed by atoms with Gasteiger partial charge in [0.05, 0.1) is 26.4 Å². The zero-order valence-electron chi connectivity index (χ0n) is 62.0. The van der Waals surface area contributed by atoms with Gasteiger partial charge in [0.2, 0.25) is 0 Å². The lowest BCUT2D eigenvalue weighted by Gasteiger charge is -2.21. The van der Waals surface area contributed by atoms with Gasteiger partial charge >= 0.3 is 39.5 Å². The number of phosphoric acid groups is 2. The van der Waals surface area contributed by atoms with E-state index in [0.29, 0.717) is 32.1 Å². The second-order valence-electron chi connectivity index (χ2n) is 25.9. The number of ether oxygens (including phenoxy) is 4. The molecule has 0 aliphatic rings. The number of esters is 4. The number of allylic oxidation sites excluding steroid dienone is 14. The second-order valence-corrected chi connectivity index (χ2v) is 28.8. The Balaban J connectivity index is 5.36. The van der Waals surface area contributed by atoms with E-state index >= 15 is 0 Å². The molecule has 0 aliphatic carbocycles. The van der Waals surface area contributed by atoms with Crippen molar-refractivity contribution in [3.63, 3.8) is 0 Å². The lowest BCUT2D eigenvalue weighted by atomic mass is 10.0. The van der Waals surface area contributed by atoms with Crippen LogP contribution in [0.5, 0.6) is 0 Å². The van der Waals surface area contributed by atoms with Crippen molar-refractivity contribution in [2.24, 2.45) is 0 Å². The minimum atomic E-state index is -4.98. The van der Waals surface area contributed by atoms with Crippen LogP contribution in [0, 0.1) is 0 Å². The first kappa shape index (κ1) is 94.2. The van der Waals surface area contributed by atoms with Crippen LogP contribution in [0.4, 0.5) is 0 Å². The number of aliphatic hydroxyl groups is 1. The molecule has 3 N–H and O–H groups in total. The molecule has 0 saturated carbocycles. The maximum atomic E-state index is 13.1. The van der Waals surface area contributed by atoms with Crippen LogP contribution < -0.4 is 0 Å². The zero-order valence-corrected chi connectivity index (χ0v) is 63.7. The largest absolute Gasteiger partial charge is 0.472 e. The molecule has 5 unspecified atom stereocenters. The SMILES string of the molecule is CC/C=C\C/C=C\C/C=C\C/C=C\C/C=C\CCCC(=O)OCC(COP(=O)(O)OCC(O)COP(=O)(O)OCC(COC(=O)CCCCCCCCCCCCCCCCC)OC(=O)CCCCCCC/C=C\C/C=C\CCC)OC(=O)CCCCCCCCCCCCCCC. The third-order valence-electron chi connectivity index (χ3n) is 16.4. The number of aliphatic hydroxyl groups excluding tert-OH is 1. The van der Waals surface area contributed by atoms with Gasteiger partial charge in [-0.25, -0.2) is 9.13 Å². The monoisotopic (exact) mass is 1420 g/mol. The molecule has 0 bridgehead atoms. The summed E-state index contributed by atoms with van der Waals surface area (Å²) < 4.78 is 68.4. The van der Waals surface area contributed by atoms with Gasteiger partial charge in [-0.05, 0) is 89.9 Å². The molecule has 0 saturated heterocycles. The molecule has 0 spiro atoms. The van der Waals surface area contributed by atoms with Crippen molar-refractivity contribution in [2.45, 2.75) is 354 Å². The van der Waals surface area contributed by atoms with Crippen molar-refractivity contribution >= 4 is 39.5 Å². The summed E-state index contributed by atoms with van der Waals surface area (Å²) in [6, 6.07) is 0. The second kappa shape index (κ2) is 71.6. The molecule has 0 aromatic heterocycles. The van der Waals surface area contributed by atoms with Gasteiger partial charge in [0, 0.05) is 25.7 Å². The average molecular weight is 1420 g/mol. The van der Waals surface area contributed by atoms with E-state index in [4.69, 9.17) is 37.0 Å². The average Bonchev–Trinajstić information content (AvgIpc) is 0.969. The fourth-order valence-corrected chi connectivity index (χ4v) is 12.1. The highest BCUT2D eigenvalue weighted by atomic mass is 31.2. The molecule has 0 aliphatic heterocycles. The number of hydrogen-bond donors (Lipinski definition) is 3. The summed E-state index contributed by atoms with van der Waals surface area (Å²) in [6.07, 6.45) is 72.9. The van der Waals surface area contributed by atoms with Crippen LogP contribution in [0.3, 0.4) is 0 Å². The van der Waals surface area contributed by atoms with E-state index in [0.717, 1.165) is 128 Å². The highest BCUT2D eigenvalue weighted by Crippen LogP contribution is 2.45. The van der Waals surface area contributed by atoms with E-state index in [9.17, 15) is 43.2 Å². The molecule has 17 nitrogen and oxygen atoms in total. The first-order valence-electron chi connectivity index (χ1n) is 38.8. The van der Waals surface area contributed by atoms with Crippen LogP contribution in [0.1, 0.15) is 336 Å².